The molecule has 3 N–H and O–H groups in total. The van der Waals surface area contributed by atoms with Crippen molar-refractivity contribution in [3.63, 3.8) is 0 Å². The summed E-state index contributed by atoms with van der Waals surface area (Å²) in [5.41, 5.74) is 0. The van der Waals surface area contributed by atoms with Crippen LogP contribution >= 0.6 is 15.6 Å². The van der Waals surface area contributed by atoms with E-state index in [0.29, 0.717) is 25.7 Å². The van der Waals surface area contributed by atoms with Crippen LogP contribution in [-0.2, 0) is 65.4 Å². The molecule has 0 aromatic heterocycles. The molecule has 0 amide bonds. The number of phosphoric acid groups is 2. The van der Waals surface area contributed by atoms with Crippen LogP contribution in [0.5, 0.6) is 0 Å². The highest BCUT2D eigenvalue weighted by molar-refractivity contribution is 7.47. The number of carbonyl (C=O) groups is 4. The number of hydrogen-bond donors (Lipinski definition) is 3. The Kier molecular flexibility index (Phi) is 65.9. The summed E-state index contributed by atoms with van der Waals surface area (Å²) >= 11 is 0. The molecule has 97 heavy (non-hydrogen) atoms. The molecule has 17 nitrogen and oxygen atoms in total. The normalized spacial score (nSPS) is 14.4. The van der Waals surface area contributed by atoms with Gasteiger partial charge in [0, 0.05) is 25.7 Å². The van der Waals surface area contributed by atoms with Gasteiger partial charge in [-0.15, -0.1) is 0 Å². The van der Waals surface area contributed by atoms with Crippen LogP contribution in [0.2, 0.25) is 0 Å². The Morgan fingerprint density at radius 3 is 0.732 bits per heavy atom. The third kappa shape index (κ3) is 70.9. The maximum absolute atomic E-state index is 13.1. The van der Waals surface area contributed by atoms with Crippen LogP contribution in [0.4, 0.5) is 0 Å². The molecule has 0 aliphatic heterocycles. The first-order valence-electron chi connectivity index (χ1n) is 40.2. The lowest BCUT2D eigenvalue weighted by Gasteiger charge is -2.21. The van der Waals surface area contributed by atoms with Crippen molar-refractivity contribution in [1.29, 1.82) is 0 Å². The van der Waals surface area contributed by atoms with E-state index in [9.17, 15) is 43.2 Å². The molecular formula is C78H152O17P2. The van der Waals surface area contributed by atoms with Crippen molar-refractivity contribution in [3.05, 3.63) is 0 Å². The zero-order chi connectivity index (χ0) is 71.7. The number of unbranched alkanes of at least 4 members (excludes halogenated alkanes) is 40. The topological polar surface area (TPSA) is 237 Å². The summed E-state index contributed by atoms with van der Waals surface area (Å²) in [5, 5.41) is 10.6. The van der Waals surface area contributed by atoms with E-state index >= 15 is 0 Å². The van der Waals surface area contributed by atoms with Crippen molar-refractivity contribution in [1.82, 2.24) is 0 Å². The van der Waals surface area contributed by atoms with E-state index in [1.807, 2.05) is 0 Å². The van der Waals surface area contributed by atoms with Crippen LogP contribution in [0.1, 0.15) is 396 Å². The number of aliphatic hydroxyl groups excluding tert-OH is 1. The standard InChI is InChI=1S/C78H152O17P2/c1-9-71(8)57-49-41-36-37-43-51-59-76(81)89-65-74(95-78(83)61-53-45-35-29-28-32-40-48-56-70(6)7)67-93-97(86,87)91-63-72(79)62-90-96(84,85)92-66-73(64-88-75(80)58-50-42-33-26-22-18-15-14-17-21-25-31-39-47-55-69(4)5)94-77(82)60-52-44-34-27-23-19-13-11-10-12-16-20-24-30-38-46-54-68(2)3/h68-74,79H,9-67H2,1-8H3,(H,84,85)(H,86,87)/t71?,72-,73-,74-/m1/s1. The zero-order valence-corrected chi connectivity index (χ0v) is 65.5. The summed E-state index contributed by atoms with van der Waals surface area (Å²) in [5.74, 6) is 0.937. The van der Waals surface area contributed by atoms with Crippen molar-refractivity contribution in [3.8, 4) is 0 Å². The Balaban J connectivity index is 5.23. The molecule has 0 spiro atoms. The van der Waals surface area contributed by atoms with E-state index < -0.39 is 97.5 Å². The fraction of sp³-hybridized carbons (Fsp3) is 0.949. The van der Waals surface area contributed by atoms with Crippen LogP contribution in [-0.4, -0.2) is 96.7 Å². The largest absolute Gasteiger partial charge is 0.472 e. The molecule has 0 heterocycles. The van der Waals surface area contributed by atoms with Gasteiger partial charge in [0.2, 0.25) is 0 Å². The van der Waals surface area contributed by atoms with Crippen molar-refractivity contribution in [2.75, 3.05) is 39.6 Å². The molecule has 0 aromatic carbocycles. The van der Waals surface area contributed by atoms with Gasteiger partial charge in [-0.1, -0.05) is 344 Å². The lowest BCUT2D eigenvalue weighted by molar-refractivity contribution is -0.161. The second-order valence-electron chi connectivity index (χ2n) is 29.8. The number of ether oxygens (including phenoxy) is 4. The van der Waals surface area contributed by atoms with Gasteiger partial charge in [0.05, 0.1) is 26.4 Å². The average molecular weight is 1420 g/mol. The minimum absolute atomic E-state index is 0.103. The van der Waals surface area contributed by atoms with E-state index in [1.165, 1.54) is 193 Å². The first-order chi connectivity index (χ1) is 46.6. The van der Waals surface area contributed by atoms with Crippen LogP contribution in [0.3, 0.4) is 0 Å². The van der Waals surface area contributed by atoms with E-state index in [-0.39, 0.29) is 25.7 Å². The Morgan fingerprint density at radius 1 is 0.289 bits per heavy atom. The van der Waals surface area contributed by atoms with Gasteiger partial charge in [-0.3, -0.25) is 37.3 Å². The molecule has 0 bridgehead atoms. The summed E-state index contributed by atoms with van der Waals surface area (Å²) in [6.45, 7) is 14.2. The van der Waals surface area contributed by atoms with Crippen molar-refractivity contribution < 1.29 is 80.2 Å². The Bertz CT molecular complexity index is 1900. The molecule has 0 saturated heterocycles. The fourth-order valence-electron chi connectivity index (χ4n) is 11.9. The van der Waals surface area contributed by atoms with E-state index in [1.54, 1.807) is 0 Å². The quantitative estimate of drug-likeness (QED) is 0.0222. The monoisotopic (exact) mass is 1420 g/mol. The van der Waals surface area contributed by atoms with Crippen molar-refractivity contribution in [2.24, 2.45) is 23.7 Å². The predicted molar refractivity (Wildman–Crippen MR) is 395 cm³/mol. The summed E-state index contributed by atoms with van der Waals surface area (Å²) < 4.78 is 68.6. The first kappa shape index (κ1) is 95.1. The summed E-state index contributed by atoms with van der Waals surface area (Å²) in [6, 6.07) is 0. The molecule has 19 heteroatoms. The summed E-state index contributed by atoms with van der Waals surface area (Å²) in [7, 11) is -9.92. The predicted octanol–water partition coefficient (Wildman–Crippen LogP) is 22.8. The zero-order valence-electron chi connectivity index (χ0n) is 63.7. The lowest BCUT2D eigenvalue weighted by Crippen LogP contribution is -2.30. The third-order valence-corrected chi connectivity index (χ3v) is 20.3. The van der Waals surface area contributed by atoms with Crippen LogP contribution in [0, 0.1) is 23.7 Å². The number of carbonyl (C=O) groups excluding carboxylic acids is 4. The highest BCUT2D eigenvalue weighted by Crippen LogP contribution is 2.45. The highest BCUT2D eigenvalue weighted by atomic mass is 31.2. The molecule has 0 aliphatic carbocycles. The van der Waals surface area contributed by atoms with Gasteiger partial charge in [-0.2, -0.15) is 0 Å². The molecule has 0 fully saturated rings. The van der Waals surface area contributed by atoms with Gasteiger partial charge in [-0.05, 0) is 49.4 Å². The van der Waals surface area contributed by atoms with Crippen LogP contribution in [0.15, 0.2) is 0 Å². The number of rotatable bonds is 75. The molecule has 576 valence electrons. The molecule has 0 radical (unpaired) electrons. The maximum Gasteiger partial charge on any atom is 0.472 e. The molecule has 0 saturated carbocycles. The molecule has 0 aliphatic rings. The second-order valence-corrected chi connectivity index (χ2v) is 32.7. The molecular weight excluding hydrogens is 1270 g/mol. The van der Waals surface area contributed by atoms with Crippen molar-refractivity contribution >= 4 is 39.5 Å². The average Bonchev–Trinajstić information content (AvgIpc) is 0.970. The number of esters is 4. The molecule has 0 rings (SSSR count). The summed E-state index contributed by atoms with van der Waals surface area (Å²) in [6.07, 6.45) is 52.9. The van der Waals surface area contributed by atoms with Gasteiger partial charge in [0.25, 0.3) is 0 Å². The summed E-state index contributed by atoms with van der Waals surface area (Å²) in [4.78, 5) is 72.9. The van der Waals surface area contributed by atoms with Gasteiger partial charge in [-0.25, -0.2) is 9.13 Å². The number of aliphatic hydroxyl groups is 1. The van der Waals surface area contributed by atoms with E-state index in [4.69, 9.17) is 37.0 Å². The highest BCUT2D eigenvalue weighted by Gasteiger charge is 2.30. The van der Waals surface area contributed by atoms with E-state index in [0.717, 1.165) is 120 Å². The molecule has 0 aromatic rings. The van der Waals surface area contributed by atoms with Gasteiger partial charge in [0.1, 0.15) is 19.3 Å². The Labute approximate surface area is 594 Å². The van der Waals surface area contributed by atoms with Gasteiger partial charge >= 0.3 is 39.5 Å². The minimum atomic E-state index is -4.96. The van der Waals surface area contributed by atoms with Gasteiger partial charge in [0.15, 0.2) is 12.2 Å². The molecule has 6 atom stereocenters. The van der Waals surface area contributed by atoms with Crippen LogP contribution < -0.4 is 0 Å². The maximum atomic E-state index is 13.1. The number of hydrogen-bond acceptors (Lipinski definition) is 15. The molecule has 3 unspecified atom stereocenters. The fourth-order valence-corrected chi connectivity index (χ4v) is 13.5. The van der Waals surface area contributed by atoms with Gasteiger partial charge < -0.3 is 33.8 Å². The smallest absolute Gasteiger partial charge is 0.462 e. The van der Waals surface area contributed by atoms with Crippen LogP contribution in [0.25, 0.3) is 0 Å². The lowest BCUT2D eigenvalue weighted by atomic mass is 10.00. The first-order valence-corrected chi connectivity index (χ1v) is 43.2. The third-order valence-electron chi connectivity index (χ3n) is 18.4. The SMILES string of the molecule is CCC(C)CCCCCCCCC(=O)OC[C@H](COP(=O)(O)OC[C@H](O)COP(=O)(O)OC[C@@H](COC(=O)CCCCCCCCCCCCCCCCC(C)C)OC(=O)CCCCCCCCCCCCCCCCCCC(C)C)OC(=O)CCCCCCCCCCC(C)C. The Morgan fingerprint density at radius 2 is 0.495 bits per heavy atom. The van der Waals surface area contributed by atoms with Crippen molar-refractivity contribution in [2.45, 2.75) is 414 Å². The second kappa shape index (κ2) is 67.2. The Hall–Kier alpha value is -1.94. The van der Waals surface area contributed by atoms with E-state index in [2.05, 4.69) is 55.4 Å². The number of phosphoric ester groups is 2. The minimum Gasteiger partial charge on any atom is -0.462 e.